The Morgan fingerprint density at radius 3 is 2.64 bits per heavy atom. The minimum absolute atomic E-state index is 0.469. The van der Waals surface area contributed by atoms with Crippen molar-refractivity contribution in [3.63, 3.8) is 0 Å². The summed E-state index contributed by atoms with van der Waals surface area (Å²) in [6.45, 7) is 5.73. The molecule has 0 aromatic carbocycles. The summed E-state index contributed by atoms with van der Waals surface area (Å²) in [4.78, 5) is 4.34. The van der Waals surface area contributed by atoms with E-state index in [0.29, 0.717) is 6.04 Å². The van der Waals surface area contributed by atoms with Gasteiger partial charge in [0.2, 0.25) is 0 Å². The number of aromatic nitrogens is 1. The monoisotopic (exact) mass is 192 g/mol. The van der Waals surface area contributed by atoms with Crippen LogP contribution in [0.4, 0.5) is 5.69 Å². The topological polar surface area (TPSA) is 34.1 Å². The molecule has 1 aliphatic rings. The van der Waals surface area contributed by atoms with Crippen molar-refractivity contribution >= 4 is 5.69 Å². The zero-order valence-electron chi connectivity index (χ0n) is 8.71. The molecule has 0 saturated carbocycles. The van der Waals surface area contributed by atoms with Crippen LogP contribution < -0.4 is 5.32 Å². The zero-order valence-corrected chi connectivity index (χ0v) is 8.71. The second-order valence-electron chi connectivity index (χ2n) is 3.84. The standard InChI is InChI=1S/C11H16N2O/c1-8-5-11(6-9(2)12-8)13-10-3-4-14-7-10/h5-6,10H,3-4,7H2,1-2H3,(H,12,13). The van der Waals surface area contributed by atoms with Crippen molar-refractivity contribution in [1.82, 2.24) is 4.98 Å². The van der Waals surface area contributed by atoms with Crippen molar-refractivity contribution in [3.8, 4) is 0 Å². The van der Waals surface area contributed by atoms with Gasteiger partial charge in [-0.05, 0) is 32.4 Å². The first-order valence-electron chi connectivity index (χ1n) is 5.03. The van der Waals surface area contributed by atoms with Gasteiger partial charge >= 0.3 is 0 Å². The number of hydrogen-bond donors (Lipinski definition) is 1. The summed E-state index contributed by atoms with van der Waals surface area (Å²) in [5, 5.41) is 3.46. The average molecular weight is 192 g/mol. The zero-order chi connectivity index (χ0) is 9.97. The van der Waals surface area contributed by atoms with Crippen LogP contribution in [0.1, 0.15) is 17.8 Å². The van der Waals surface area contributed by atoms with Gasteiger partial charge in [0.1, 0.15) is 0 Å². The SMILES string of the molecule is Cc1cc(NC2CCOC2)cc(C)n1. The van der Waals surface area contributed by atoms with Crippen molar-refractivity contribution in [2.75, 3.05) is 18.5 Å². The highest BCUT2D eigenvalue weighted by molar-refractivity contribution is 5.46. The normalized spacial score (nSPS) is 21.1. The summed E-state index contributed by atoms with van der Waals surface area (Å²) in [6, 6.07) is 4.62. The van der Waals surface area contributed by atoms with Gasteiger partial charge in [0, 0.05) is 23.7 Å². The molecule has 0 bridgehead atoms. The van der Waals surface area contributed by atoms with Crippen LogP contribution in [0.15, 0.2) is 12.1 Å². The molecule has 1 aromatic rings. The number of rotatable bonds is 2. The molecule has 0 spiro atoms. The number of pyridine rings is 1. The largest absolute Gasteiger partial charge is 0.380 e. The van der Waals surface area contributed by atoms with Gasteiger partial charge in [-0.1, -0.05) is 0 Å². The Balaban J connectivity index is 2.07. The average Bonchev–Trinajstić information content (AvgIpc) is 2.54. The Labute approximate surface area is 84.5 Å². The van der Waals surface area contributed by atoms with Gasteiger partial charge < -0.3 is 10.1 Å². The molecule has 76 valence electrons. The quantitative estimate of drug-likeness (QED) is 0.777. The first kappa shape index (κ1) is 9.46. The Bertz CT molecular complexity index is 299. The molecule has 1 fully saturated rings. The van der Waals surface area contributed by atoms with E-state index in [-0.39, 0.29) is 0 Å². The maximum Gasteiger partial charge on any atom is 0.0668 e. The number of nitrogens with zero attached hydrogens (tertiary/aromatic N) is 1. The fraction of sp³-hybridized carbons (Fsp3) is 0.545. The lowest BCUT2D eigenvalue weighted by Crippen LogP contribution is -2.19. The van der Waals surface area contributed by atoms with Crippen LogP contribution in [0.3, 0.4) is 0 Å². The third kappa shape index (κ3) is 2.23. The lowest BCUT2D eigenvalue weighted by atomic mass is 10.2. The molecule has 1 aromatic heterocycles. The number of hydrogen-bond acceptors (Lipinski definition) is 3. The fourth-order valence-electron chi connectivity index (χ4n) is 1.80. The van der Waals surface area contributed by atoms with Crippen LogP contribution in [0.5, 0.6) is 0 Å². The molecule has 1 atom stereocenters. The second kappa shape index (κ2) is 3.96. The summed E-state index contributed by atoms with van der Waals surface area (Å²) in [7, 11) is 0. The predicted octanol–water partition coefficient (Wildman–Crippen LogP) is 1.90. The Morgan fingerprint density at radius 1 is 1.36 bits per heavy atom. The fourth-order valence-corrected chi connectivity index (χ4v) is 1.80. The number of anilines is 1. The highest BCUT2D eigenvalue weighted by Crippen LogP contribution is 2.15. The van der Waals surface area contributed by atoms with E-state index in [9.17, 15) is 0 Å². The van der Waals surface area contributed by atoms with E-state index in [1.54, 1.807) is 0 Å². The van der Waals surface area contributed by atoms with Crippen LogP contribution in [0.2, 0.25) is 0 Å². The molecule has 0 radical (unpaired) electrons. The van der Waals surface area contributed by atoms with Crippen molar-refractivity contribution in [3.05, 3.63) is 23.5 Å². The van der Waals surface area contributed by atoms with Crippen LogP contribution in [-0.4, -0.2) is 24.2 Å². The molecule has 2 rings (SSSR count). The van der Waals surface area contributed by atoms with Gasteiger partial charge in [-0.2, -0.15) is 0 Å². The van der Waals surface area contributed by atoms with Gasteiger partial charge in [-0.25, -0.2) is 0 Å². The Kier molecular flexibility index (Phi) is 2.68. The molecule has 1 N–H and O–H groups in total. The van der Waals surface area contributed by atoms with Gasteiger partial charge in [-0.3, -0.25) is 4.98 Å². The smallest absolute Gasteiger partial charge is 0.0668 e. The summed E-state index contributed by atoms with van der Waals surface area (Å²) < 4.78 is 5.31. The highest BCUT2D eigenvalue weighted by atomic mass is 16.5. The molecular formula is C11H16N2O. The van der Waals surface area contributed by atoms with E-state index >= 15 is 0 Å². The molecule has 14 heavy (non-hydrogen) atoms. The summed E-state index contributed by atoms with van der Waals surface area (Å²) >= 11 is 0. The van der Waals surface area contributed by atoms with E-state index in [1.165, 1.54) is 0 Å². The van der Waals surface area contributed by atoms with Gasteiger partial charge in [0.05, 0.1) is 12.6 Å². The number of aryl methyl sites for hydroxylation is 2. The lowest BCUT2D eigenvalue weighted by molar-refractivity contribution is 0.195. The molecule has 1 aliphatic heterocycles. The van der Waals surface area contributed by atoms with Crippen molar-refractivity contribution in [2.24, 2.45) is 0 Å². The van der Waals surface area contributed by atoms with Gasteiger partial charge in [0.25, 0.3) is 0 Å². The molecule has 2 heterocycles. The maximum absolute atomic E-state index is 5.31. The Morgan fingerprint density at radius 2 is 2.07 bits per heavy atom. The van der Waals surface area contributed by atoms with E-state index in [0.717, 1.165) is 36.7 Å². The van der Waals surface area contributed by atoms with E-state index < -0.39 is 0 Å². The molecule has 3 heteroatoms. The maximum atomic E-state index is 5.31. The number of nitrogens with one attached hydrogen (secondary N) is 1. The van der Waals surface area contributed by atoms with E-state index in [4.69, 9.17) is 4.74 Å². The highest BCUT2D eigenvalue weighted by Gasteiger charge is 2.14. The number of ether oxygens (including phenoxy) is 1. The molecular weight excluding hydrogens is 176 g/mol. The first-order valence-corrected chi connectivity index (χ1v) is 5.03. The second-order valence-corrected chi connectivity index (χ2v) is 3.84. The third-order valence-electron chi connectivity index (χ3n) is 2.38. The predicted molar refractivity (Wildman–Crippen MR) is 56.6 cm³/mol. The molecule has 1 unspecified atom stereocenters. The van der Waals surface area contributed by atoms with E-state index in [2.05, 4.69) is 22.4 Å². The lowest BCUT2D eigenvalue weighted by Gasteiger charge is -2.12. The van der Waals surface area contributed by atoms with Crippen molar-refractivity contribution in [1.29, 1.82) is 0 Å². The van der Waals surface area contributed by atoms with Gasteiger partial charge in [0.15, 0.2) is 0 Å². The van der Waals surface area contributed by atoms with Crippen molar-refractivity contribution in [2.45, 2.75) is 26.3 Å². The Hall–Kier alpha value is -1.09. The van der Waals surface area contributed by atoms with Crippen LogP contribution in [-0.2, 0) is 4.74 Å². The summed E-state index contributed by atoms with van der Waals surface area (Å²) in [5.74, 6) is 0. The molecule has 1 saturated heterocycles. The summed E-state index contributed by atoms with van der Waals surface area (Å²) in [6.07, 6.45) is 1.10. The van der Waals surface area contributed by atoms with Crippen LogP contribution in [0.25, 0.3) is 0 Å². The minimum atomic E-state index is 0.469. The third-order valence-corrected chi connectivity index (χ3v) is 2.38. The van der Waals surface area contributed by atoms with Crippen LogP contribution in [0, 0.1) is 13.8 Å². The van der Waals surface area contributed by atoms with E-state index in [1.807, 2.05) is 13.8 Å². The minimum Gasteiger partial charge on any atom is -0.380 e. The molecule has 3 nitrogen and oxygen atoms in total. The summed E-state index contributed by atoms with van der Waals surface area (Å²) in [5.41, 5.74) is 3.28. The molecule has 0 aliphatic carbocycles. The first-order chi connectivity index (χ1) is 6.74. The van der Waals surface area contributed by atoms with Crippen LogP contribution >= 0.6 is 0 Å². The van der Waals surface area contributed by atoms with Gasteiger partial charge in [-0.15, -0.1) is 0 Å². The molecule has 0 amide bonds. The van der Waals surface area contributed by atoms with Crippen molar-refractivity contribution < 1.29 is 4.74 Å².